The molecule has 2 N–H and O–H groups in total. The normalized spacial score (nSPS) is 12.4. The summed E-state index contributed by atoms with van der Waals surface area (Å²) >= 11 is 5.90. The summed E-state index contributed by atoms with van der Waals surface area (Å²) in [5.41, 5.74) is 6.30. The minimum Gasteiger partial charge on any atom is -0.496 e. The van der Waals surface area contributed by atoms with Gasteiger partial charge in [-0.25, -0.2) is 0 Å². The molecule has 0 aliphatic heterocycles. The maximum Gasteiger partial charge on any atom is 0.231 e. The summed E-state index contributed by atoms with van der Waals surface area (Å²) < 4.78 is 10.4. The Hall–Kier alpha value is -1.59. The van der Waals surface area contributed by atoms with Gasteiger partial charge in [0.15, 0.2) is 0 Å². The first kappa shape index (κ1) is 12.9. The quantitative estimate of drug-likeness (QED) is 0.921. The van der Waals surface area contributed by atoms with Gasteiger partial charge in [0, 0.05) is 17.5 Å². The fourth-order valence-electron chi connectivity index (χ4n) is 1.50. The van der Waals surface area contributed by atoms with Crippen molar-refractivity contribution in [1.82, 2.24) is 10.1 Å². The third-order valence-electron chi connectivity index (χ3n) is 2.62. The topological polar surface area (TPSA) is 74.2 Å². The molecular weight excluding hydrogens is 254 g/mol. The number of nitrogens with zero attached hydrogens (tertiary/aromatic N) is 2. The van der Waals surface area contributed by atoms with Crippen LogP contribution in [0.3, 0.4) is 0 Å². The Labute approximate surface area is 110 Å². The molecule has 1 unspecified atom stereocenters. The van der Waals surface area contributed by atoms with Gasteiger partial charge in [0.05, 0.1) is 12.7 Å². The standard InChI is InChI=1S/C12H14ClN3O2/c1-7(6-14)12-15-11(16-18-12)9-4-3-8(13)5-10(9)17-2/h3-5,7H,6,14H2,1-2H3. The number of nitrogens with two attached hydrogens (primary N) is 1. The van der Waals surface area contributed by atoms with E-state index in [4.69, 9.17) is 26.6 Å². The van der Waals surface area contributed by atoms with Crippen molar-refractivity contribution in [2.45, 2.75) is 12.8 Å². The molecule has 1 aromatic heterocycles. The second-order valence-corrected chi connectivity index (χ2v) is 4.37. The van der Waals surface area contributed by atoms with Gasteiger partial charge in [-0.3, -0.25) is 0 Å². The highest BCUT2D eigenvalue weighted by molar-refractivity contribution is 6.30. The third kappa shape index (κ3) is 2.47. The first-order valence-corrected chi connectivity index (χ1v) is 5.91. The number of hydrogen-bond acceptors (Lipinski definition) is 5. The van der Waals surface area contributed by atoms with Gasteiger partial charge in [0.2, 0.25) is 11.7 Å². The van der Waals surface area contributed by atoms with Crippen LogP contribution in [0.5, 0.6) is 5.75 Å². The molecule has 2 aromatic rings. The lowest BCUT2D eigenvalue weighted by Crippen LogP contribution is -2.08. The molecule has 5 nitrogen and oxygen atoms in total. The highest BCUT2D eigenvalue weighted by Gasteiger charge is 2.16. The van der Waals surface area contributed by atoms with E-state index in [0.29, 0.717) is 29.0 Å². The predicted molar refractivity (Wildman–Crippen MR) is 68.8 cm³/mol. The minimum atomic E-state index is 0.0320. The fourth-order valence-corrected chi connectivity index (χ4v) is 1.66. The average Bonchev–Trinajstić information content (AvgIpc) is 2.87. The Balaban J connectivity index is 2.39. The molecule has 0 saturated heterocycles. The molecule has 96 valence electrons. The smallest absolute Gasteiger partial charge is 0.231 e. The van der Waals surface area contributed by atoms with Crippen LogP contribution in [0.2, 0.25) is 5.02 Å². The zero-order valence-corrected chi connectivity index (χ0v) is 10.9. The van der Waals surface area contributed by atoms with E-state index in [9.17, 15) is 0 Å². The van der Waals surface area contributed by atoms with Crippen LogP contribution < -0.4 is 10.5 Å². The minimum absolute atomic E-state index is 0.0320. The van der Waals surface area contributed by atoms with Gasteiger partial charge in [-0.15, -0.1) is 0 Å². The van der Waals surface area contributed by atoms with Crippen LogP contribution in [-0.2, 0) is 0 Å². The second kappa shape index (κ2) is 5.37. The maximum atomic E-state index is 5.90. The van der Waals surface area contributed by atoms with Crippen molar-refractivity contribution in [3.8, 4) is 17.1 Å². The molecule has 2 rings (SSSR count). The highest BCUT2D eigenvalue weighted by atomic mass is 35.5. The largest absolute Gasteiger partial charge is 0.496 e. The SMILES string of the molecule is COc1cc(Cl)ccc1-c1noc(C(C)CN)n1. The first-order valence-electron chi connectivity index (χ1n) is 5.53. The molecule has 0 fully saturated rings. The Bertz CT molecular complexity index is 542. The Morgan fingerprint density at radius 2 is 2.28 bits per heavy atom. The molecule has 0 bridgehead atoms. The number of aromatic nitrogens is 2. The van der Waals surface area contributed by atoms with E-state index in [-0.39, 0.29) is 5.92 Å². The lowest BCUT2D eigenvalue weighted by atomic mass is 10.1. The molecule has 0 aliphatic carbocycles. The number of benzene rings is 1. The van der Waals surface area contributed by atoms with Crippen LogP contribution in [0.4, 0.5) is 0 Å². The molecule has 0 radical (unpaired) electrons. The third-order valence-corrected chi connectivity index (χ3v) is 2.86. The second-order valence-electron chi connectivity index (χ2n) is 3.94. The van der Waals surface area contributed by atoms with Gasteiger partial charge in [-0.05, 0) is 18.2 Å². The lowest BCUT2D eigenvalue weighted by Gasteiger charge is -2.04. The summed E-state index contributed by atoms with van der Waals surface area (Å²) in [6, 6.07) is 5.25. The first-order chi connectivity index (χ1) is 8.65. The monoisotopic (exact) mass is 267 g/mol. The van der Waals surface area contributed by atoms with E-state index >= 15 is 0 Å². The number of hydrogen-bond donors (Lipinski definition) is 1. The number of methoxy groups -OCH3 is 1. The Morgan fingerprint density at radius 1 is 1.50 bits per heavy atom. The van der Waals surface area contributed by atoms with Crippen LogP contribution in [0.25, 0.3) is 11.4 Å². The summed E-state index contributed by atoms with van der Waals surface area (Å²) in [6.45, 7) is 2.38. The zero-order valence-electron chi connectivity index (χ0n) is 10.2. The summed E-state index contributed by atoms with van der Waals surface area (Å²) in [7, 11) is 1.57. The van der Waals surface area contributed by atoms with E-state index in [1.807, 2.05) is 6.92 Å². The molecule has 18 heavy (non-hydrogen) atoms. The Kier molecular flexibility index (Phi) is 3.84. The summed E-state index contributed by atoms with van der Waals surface area (Å²) in [6.07, 6.45) is 0. The molecular formula is C12H14ClN3O2. The van der Waals surface area contributed by atoms with E-state index in [1.165, 1.54) is 0 Å². The van der Waals surface area contributed by atoms with Crippen LogP contribution in [0.15, 0.2) is 22.7 Å². The molecule has 1 aromatic carbocycles. The number of rotatable bonds is 4. The van der Waals surface area contributed by atoms with E-state index in [1.54, 1.807) is 25.3 Å². The van der Waals surface area contributed by atoms with Crippen molar-refractivity contribution in [2.24, 2.45) is 5.73 Å². The number of ether oxygens (including phenoxy) is 1. The molecule has 1 atom stereocenters. The van der Waals surface area contributed by atoms with Crippen molar-refractivity contribution in [3.63, 3.8) is 0 Å². The van der Waals surface area contributed by atoms with Crippen molar-refractivity contribution in [1.29, 1.82) is 0 Å². The highest BCUT2D eigenvalue weighted by Crippen LogP contribution is 2.31. The summed E-state index contributed by atoms with van der Waals surface area (Å²) in [4.78, 5) is 4.31. The predicted octanol–water partition coefficient (Wildman–Crippen LogP) is 2.46. The van der Waals surface area contributed by atoms with Crippen molar-refractivity contribution in [2.75, 3.05) is 13.7 Å². The van der Waals surface area contributed by atoms with E-state index in [0.717, 1.165) is 5.56 Å². The molecule has 0 amide bonds. The molecule has 0 saturated carbocycles. The maximum absolute atomic E-state index is 5.90. The van der Waals surface area contributed by atoms with Crippen molar-refractivity contribution < 1.29 is 9.26 Å². The van der Waals surface area contributed by atoms with Gasteiger partial charge in [0.25, 0.3) is 0 Å². The van der Waals surface area contributed by atoms with Crippen LogP contribution >= 0.6 is 11.6 Å². The van der Waals surface area contributed by atoms with Crippen LogP contribution in [-0.4, -0.2) is 23.8 Å². The average molecular weight is 268 g/mol. The molecule has 6 heteroatoms. The molecule has 0 spiro atoms. The van der Waals surface area contributed by atoms with Gasteiger partial charge in [0.1, 0.15) is 5.75 Å². The van der Waals surface area contributed by atoms with E-state index in [2.05, 4.69) is 10.1 Å². The zero-order chi connectivity index (χ0) is 13.1. The molecule has 1 heterocycles. The lowest BCUT2D eigenvalue weighted by molar-refractivity contribution is 0.361. The van der Waals surface area contributed by atoms with Gasteiger partial charge in [-0.1, -0.05) is 23.7 Å². The number of halogens is 1. The van der Waals surface area contributed by atoms with Crippen LogP contribution in [0.1, 0.15) is 18.7 Å². The van der Waals surface area contributed by atoms with Crippen LogP contribution in [0, 0.1) is 0 Å². The van der Waals surface area contributed by atoms with Gasteiger partial charge >= 0.3 is 0 Å². The van der Waals surface area contributed by atoms with Gasteiger partial charge in [-0.2, -0.15) is 4.98 Å². The Morgan fingerprint density at radius 3 is 2.94 bits per heavy atom. The van der Waals surface area contributed by atoms with Crippen molar-refractivity contribution in [3.05, 3.63) is 29.1 Å². The molecule has 0 aliphatic rings. The fraction of sp³-hybridized carbons (Fsp3) is 0.333. The van der Waals surface area contributed by atoms with Crippen molar-refractivity contribution >= 4 is 11.6 Å². The van der Waals surface area contributed by atoms with E-state index < -0.39 is 0 Å². The summed E-state index contributed by atoms with van der Waals surface area (Å²) in [5.74, 6) is 1.63. The summed E-state index contributed by atoms with van der Waals surface area (Å²) in [5, 5.41) is 4.52. The van der Waals surface area contributed by atoms with Gasteiger partial charge < -0.3 is 15.0 Å².